The molecule has 0 spiro atoms. The molecule has 0 amide bonds. The van der Waals surface area contributed by atoms with Crippen LogP contribution in [0.5, 0.6) is 0 Å². The molecule has 0 unspecified atom stereocenters. The number of rotatable bonds is 6. The summed E-state index contributed by atoms with van der Waals surface area (Å²) in [5.74, 6) is 0.294. The third-order valence-corrected chi connectivity index (χ3v) is 3.29. The van der Waals surface area contributed by atoms with Crippen LogP contribution >= 0.6 is 24.0 Å². The third kappa shape index (κ3) is 6.19. The SMILES string of the molecule is CN=C(NCCn1cccc1)NCc1ccc(F)c(CO)c1.I. The molecule has 126 valence electrons. The molecule has 23 heavy (non-hydrogen) atoms. The number of hydrogen-bond acceptors (Lipinski definition) is 2. The van der Waals surface area contributed by atoms with E-state index in [9.17, 15) is 4.39 Å². The first-order valence-electron chi connectivity index (χ1n) is 7.16. The minimum atomic E-state index is -0.388. The molecule has 0 saturated carbocycles. The van der Waals surface area contributed by atoms with Crippen molar-refractivity contribution in [2.45, 2.75) is 19.7 Å². The van der Waals surface area contributed by atoms with Gasteiger partial charge in [0.25, 0.3) is 0 Å². The minimum absolute atomic E-state index is 0. The van der Waals surface area contributed by atoms with Gasteiger partial charge in [0.2, 0.25) is 0 Å². The summed E-state index contributed by atoms with van der Waals surface area (Å²) >= 11 is 0. The molecule has 1 heterocycles. The first kappa shape index (κ1) is 19.4. The molecule has 5 nitrogen and oxygen atoms in total. The van der Waals surface area contributed by atoms with Crippen LogP contribution in [-0.2, 0) is 19.7 Å². The number of aliphatic hydroxyl groups is 1. The molecule has 0 radical (unpaired) electrons. The number of nitrogens with one attached hydrogen (secondary N) is 2. The van der Waals surface area contributed by atoms with E-state index in [2.05, 4.69) is 20.2 Å². The van der Waals surface area contributed by atoms with Crippen LogP contribution in [0.15, 0.2) is 47.7 Å². The molecular weight excluding hydrogens is 410 g/mol. The highest BCUT2D eigenvalue weighted by Crippen LogP contribution is 2.10. The number of guanidine groups is 1. The first-order chi connectivity index (χ1) is 10.7. The average Bonchev–Trinajstić information content (AvgIpc) is 3.05. The molecule has 0 saturated heterocycles. The van der Waals surface area contributed by atoms with Gasteiger partial charge in [-0.2, -0.15) is 0 Å². The normalized spacial score (nSPS) is 11.0. The van der Waals surface area contributed by atoms with Gasteiger partial charge in [-0.15, -0.1) is 24.0 Å². The van der Waals surface area contributed by atoms with E-state index in [1.807, 2.05) is 24.5 Å². The molecule has 0 aliphatic rings. The Bertz CT molecular complexity index is 617. The molecule has 2 rings (SSSR count). The van der Waals surface area contributed by atoms with Crippen LogP contribution in [0.3, 0.4) is 0 Å². The zero-order valence-electron chi connectivity index (χ0n) is 13.0. The predicted molar refractivity (Wildman–Crippen MR) is 100 cm³/mol. The second-order valence-corrected chi connectivity index (χ2v) is 4.86. The maximum Gasteiger partial charge on any atom is 0.191 e. The van der Waals surface area contributed by atoms with Gasteiger partial charge < -0.3 is 20.3 Å². The summed E-state index contributed by atoms with van der Waals surface area (Å²) in [5, 5.41) is 15.4. The Labute approximate surface area is 152 Å². The van der Waals surface area contributed by atoms with Crippen molar-refractivity contribution < 1.29 is 9.50 Å². The number of aromatic nitrogens is 1. The lowest BCUT2D eigenvalue weighted by atomic mass is 10.1. The summed E-state index contributed by atoms with van der Waals surface area (Å²) in [6.07, 6.45) is 4.01. The van der Waals surface area contributed by atoms with E-state index >= 15 is 0 Å². The second kappa shape index (κ2) is 10.2. The zero-order chi connectivity index (χ0) is 15.8. The second-order valence-electron chi connectivity index (χ2n) is 4.86. The van der Waals surface area contributed by atoms with Crippen LogP contribution in [0.25, 0.3) is 0 Å². The third-order valence-electron chi connectivity index (χ3n) is 3.29. The van der Waals surface area contributed by atoms with Gasteiger partial charge in [-0.1, -0.05) is 6.07 Å². The number of benzene rings is 1. The Hall–Kier alpha value is -1.61. The minimum Gasteiger partial charge on any atom is -0.392 e. The fourth-order valence-electron chi connectivity index (χ4n) is 2.09. The molecule has 3 N–H and O–H groups in total. The van der Waals surface area contributed by atoms with Gasteiger partial charge in [0.05, 0.1) is 6.61 Å². The Morgan fingerprint density at radius 2 is 2.00 bits per heavy atom. The van der Waals surface area contributed by atoms with E-state index < -0.39 is 0 Å². The van der Waals surface area contributed by atoms with Crippen molar-refractivity contribution in [2.24, 2.45) is 4.99 Å². The average molecular weight is 432 g/mol. The molecule has 2 aromatic rings. The smallest absolute Gasteiger partial charge is 0.191 e. The lowest BCUT2D eigenvalue weighted by Gasteiger charge is -2.13. The van der Waals surface area contributed by atoms with Gasteiger partial charge >= 0.3 is 0 Å². The maximum atomic E-state index is 13.3. The molecule has 0 aliphatic carbocycles. The number of nitrogens with zero attached hydrogens (tertiary/aromatic N) is 2. The fourth-order valence-corrected chi connectivity index (χ4v) is 2.09. The monoisotopic (exact) mass is 432 g/mol. The summed E-state index contributed by atoms with van der Waals surface area (Å²) in [4.78, 5) is 4.14. The Balaban J connectivity index is 0.00000264. The fraction of sp³-hybridized carbons (Fsp3) is 0.312. The van der Waals surface area contributed by atoms with Crippen molar-refractivity contribution in [2.75, 3.05) is 13.6 Å². The number of aliphatic hydroxyl groups excluding tert-OH is 1. The van der Waals surface area contributed by atoms with Crippen molar-refractivity contribution in [1.29, 1.82) is 0 Å². The lowest BCUT2D eigenvalue weighted by molar-refractivity contribution is 0.275. The maximum absolute atomic E-state index is 13.3. The molecule has 0 bridgehead atoms. The molecule has 1 aromatic carbocycles. The lowest BCUT2D eigenvalue weighted by Crippen LogP contribution is -2.38. The predicted octanol–water partition coefficient (Wildman–Crippen LogP) is 2.10. The molecule has 7 heteroatoms. The van der Waals surface area contributed by atoms with Crippen LogP contribution < -0.4 is 10.6 Å². The van der Waals surface area contributed by atoms with Crippen LogP contribution in [0.1, 0.15) is 11.1 Å². The van der Waals surface area contributed by atoms with E-state index in [1.165, 1.54) is 6.07 Å². The number of aliphatic imine (C=N–C) groups is 1. The molecule has 0 fully saturated rings. The van der Waals surface area contributed by atoms with Crippen molar-refractivity contribution in [3.05, 3.63) is 59.7 Å². The van der Waals surface area contributed by atoms with E-state index in [4.69, 9.17) is 5.11 Å². The van der Waals surface area contributed by atoms with Crippen molar-refractivity contribution in [3.63, 3.8) is 0 Å². The van der Waals surface area contributed by atoms with E-state index in [1.54, 1.807) is 19.2 Å². The van der Waals surface area contributed by atoms with Crippen molar-refractivity contribution >= 4 is 29.9 Å². The molecule has 0 atom stereocenters. The van der Waals surface area contributed by atoms with Crippen LogP contribution in [0.4, 0.5) is 4.39 Å². The first-order valence-corrected chi connectivity index (χ1v) is 7.16. The highest BCUT2D eigenvalue weighted by Gasteiger charge is 2.03. The molecular formula is C16H22FIN4O. The quantitative estimate of drug-likeness (QED) is 0.372. The highest BCUT2D eigenvalue weighted by molar-refractivity contribution is 14.0. The summed E-state index contributed by atoms with van der Waals surface area (Å²) in [5.41, 5.74) is 1.19. The van der Waals surface area contributed by atoms with E-state index in [0.29, 0.717) is 18.1 Å². The molecule has 0 aliphatic heterocycles. The molecule has 1 aromatic heterocycles. The van der Waals surface area contributed by atoms with Gasteiger partial charge in [-0.3, -0.25) is 4.99 Å². The summed E-state index contributed by atoms with van der Waals surface area (Å²) in [6, 6.07) is 8.68. The summed E-state index contributed by atoms with van der Waals surface area (Å²) in [7, 11) is 1.70. The number of hydrogen-bond donors (Lipinski definition) is 3. The van der Waals surface area contributed by atoms with Gasteiger partial charge in [0.1, 0.15) is 5.82 Å². The van der Waals surface area contributed by atoms with E-state index in [-0.39, 0.29) is 36.4 Å². The Morgan fingerprint density at radius 3 is 2.65 bits per heavy atom. The van der Waals surface area contributed by atoms with Crippen molar-refractivity contribution in [3.8, 4) is 0 Å². The Kier molecular flexibility index (Phi) is 8.64. The van der Waals surface area contributed by atoms with Crippen LogP contribution in [0, 0.1) is 5.82 Å². The topological polar surface area (TPSA) is 61.6 Å². The highest BCUT2D eigenvalue weighted by atomic mass is 127. The summed E-state index contributed by atoms with van der Waals surface area (Å²) < 4.78 is 15.4. The largest absolute Gasteiger partial charge is 0.392 e. The zero-order valence-corrected chi connectivity index (χ0v) is 15.3. The van der Waals surface area contributed by atoms with Gasteiger partial charge in [0, 0.05) is 44.6 Å². The van der Waals surface area contributed by atoms with Crippen LogP contribution in [-0.4, -0.2) is 29.2 Å². The van der Waals surface area contributed by atoms with Gasteiger partial charge in [-0.25, -0.2) is 4.39 Å². The van der Waals surface area contributed by atoms with Crippen molar-refractivity contribution in [1.82, 2.24) is 15.2 Å². The summed E-state index contributed by atoms with van der Waals surface area (Å²) in [6.45, 7) is 1.80. The van der Waals surface area contributed by atoms with Gasteiger partial charge in [0.15, 0.2) is 5.96 Å². The number of halogens is 2. The van der Waals surface area contributed by atoms with Gasteiger partial charge in [-0.05, 0) is 29.8 Å². The van der Waals surface area contributed by atoms with E-state index in [0.717, 1.165) is 18.7 Å². The standard InChI is InChI=1S/C16H21FN4O.HI/c1-18-16(19-6-9-21-7-2-3-8-21)20-11-13-4-5-15(17)14(10-13)12-22;/h2-5,7-8,10,22H,6,9,11-12H2,1H3,(H2,18,19,20);1H. The Morgan fingerprint density at radius 1 is 1.26 bits per heavy atom. The van der Waals surface area contributed by atoms with Crippen LogP contribution in [0.2, 0.25) is 0 Å².